The summed E-state index contributed by atoms with van der Waals surface area (Å²) < 4.78 is 31.6. The largest absolute Gasteiger partial charge is 2.00 e. The van der Waals surface area contributed by atoms with Gasteiger partial charge in [-0.15, -0.1) is 0 Å². The molecule has 0 radical (unpaired) electrons. The molecule has 0 aliphatic rings. The summed E-state index contributed by atoms with van der Waals surface area (Å²) in [7, 11) is -4.67. The molecule has 0 amide bonds. The molecule has 0 fully saturated rings. The topological polar surface area (TPSA) is 74.6 Å². The SMILES string of the molecule is O=S(=O)(O)O.[Cu+].[Fe+2].[Zn+2]. The second-order valence-corrected chi connectivity index (χ2v) is 1.34. The van der Waals surface area contributed by atoms with Gasteiger partial charge in [-0.05, 0) is 0 Å². The molecular formula is H2CuFeO4SZn+5. The Balaban J connectivity index is -0.0000000267. The second kappa shape index (κ2) is 8.53. The Kier molecular flexibility index (Phi) is 24.2. The summed E-state index contributed by atoms with van der Waals surface area (Å²) in [6, 6.07) is 0. The van der Waals surface area contributed by atoms with Crippen LogP contribution in [-0.2, 0) is 64.0 Å². The summed E-state index contributed by atoms with van der Waals surface area (Å²) in [6.07, 6.45) is 0. The zero-order chi connectivity index (χ0) is 4.50. The Hall–Kier alpha value is 1.53. The van der Waals surface area contributed by atoms with E-state index >= 15 is 0 Å². The van der Waals surface area contributed by atoms with Gasteiger partial charge in [0.25, 0.3) is 0 Å². The summed E-state index contributed by atoms with van der Waals surface area (Å²) in [4.78, 5) is 0. The predicted octanol–water partition coefficient (Wildman–Crippen LogP) is -0.660. The molecule has 0 aromatic carbocycles. The normalized spacial score (nSPS) is 7.25. The minimum atomic E-state index is -4.67. The van der Waals surface area contributed by atoms with E-state index in [9.17, 15) is 0 Å². The minimum absolute atomic E-state index is 0. The maximum absolute atomic E-state index is 8.74. The Bertz CT molecular complexity index is 99.2. The average molecular weight is 283 g/mol. The van der Waals surface area contributed by atoms with Gasteiger partial charge in [0, 0.05) is 0 Å². The van der Waals surface area contributed by atoms with Crippen molar-refractivity contribution in [2.75, 3.05) is 0 Å². The minimum Gasteiger partial charge on any atom is -0.264 e. The molecule has 0 saturated heterocycles. The van der Waals surface area contributed by atoms with Crippen molar-refractivity contribution in [3.63, 3.8) is 0 Å². The van der Waals surface area contributed by atoms with E-state index in [2.05, 4.69) is 0 Å². The van der Waals surface area contributed by atoms with Gasteiger partial charge in [0.2, 0.25) is 0 Å². The summed E-state index contributed by atoms with van der Waals surface area (Å²) in [5, 5.41) is 0. The molecule has 0 rings (SSSR count). The standard InChI is InChI=1S/Cu.Fe.H2O4S.Zn/c;;1-5(2,3)4;/h;;(H2,1,2,3,4);/q+1;+2;;+2. The molecule has 0 atom stereocenters. The molecule has 0 aliphatic carbocycles. The molecule has 0 heterocycles. The molecule has 0 unspecified atom stereocenters. The predicted molar refractivity (Wildman–Crippen MR) is 14.2 cm³/mol. The smallest absolute Gasteiger partial charge is 0.264 e. The van der Waals surface area contributed by atoms with Gasteiger partial charge < -0.3 is 0 Å². The molecule has 0 aromatic rings. The van der Waals surface area contributed by atoms with Crippen molar-refractivity contribution in [3.05, 3.63) is 0 Å². The monoisotopic (exact) mass is 281 g/mol. The second-order valence-electron chi connectivity index (χ2n) is 0.448. The first-order valence-electron chi connectivity index (χ1n) is 0.698. The number of hydrogen-bond acceptors (Lipinski definition) is 2. The number of hydrogen-bond donors (Lipinski definition) is 2. The van der Waals surface area contributed by atoms with E-state index in [0.29, 0.717) is 0 Å². The van der Waals surface area contributed by atoms with Crippen LogP contribution >= 0.6 is 0 Å². The zero-order valence-corrected chi connectivity index (χ0v) is 9.31. The van der Waals surface area contributed by atoms with Crippen molar-refractivity contribution in [1.29, 1.82) is 0 Å². The third kappa shape index (κ3) is 137. The molecule has 0 saturated carbocycles. The van der Waals surface area contributed by atoms with Crippen LogP contribution in [0.15, 0.2) is 0 Å². The first-order chi connectivity index (χ1) is 2.00. The van der Waals surface area contributed by atoms with E-state index in [-0.39, 0.29) is 53.6 Å². The van der Waals surface area contributed by atoms with Crippen molar-refractivity contribution in [3.8, 4) is 0 Å². The van der Waals surface area contributed by atoms with Crippen LogP contribution in [0.2, 0.25) is 0 Å². The van der Waals surface area contributed by atoms with E-state index < -0.39 is 10.4 Å². The molecule has 4 nitrogen and oxygen atoms in total. The number of rotatable bonds is 0. The molecule has 48 valence electrons. The molecule has 0 aliphatic heterocycles. The van der Waals surface area contributed by atoms with E-state index in [0.717, 1.165) is 0 Å². The van der Waals surface area contributed by atoms with Gasteiger partial charge in [-0.2, -0.15) is 8.42 Å². The van der Waals surface area contributed by atoms with Crippen LogP contribution in [-0.4, -0.2) is 17.5 Å². The Morgan fingerprint density at radius 3 is 1.12 bits per heavy atom. The van der Waals surface area contributed by atoms with Gasteiger partial charge >= 0.3 is 64.0 Å². The van der Waals surface area contributed by atoms with Crippen LogP contribution in [0, 0.1) is 0 Å². The summed E-state index contributed by atoms with van der Waals surface area (Å²) in [5.41, 5.74) is 0. The van der Waals surface area contributed by atoms with Crippen LogP contribution < -0.4 is 0 Å². The molecule has 0 bridgehead atoms. The fourth-order valence-electron chi connectivity index (χ4n) is 0. The third-order valence-corrected chi connectivity index (χ3v) is 0. The Labute approximate surface area is 81.1 Å². The Morgan fingerprint density at radius 1 is 1.12 bits per heavy atom. The van der Waals surface area contributed by atoms with Gasteiger partial charge in [-0.25, -0.2) is 0 Å². The van der Waals surface area contributed by atoms with Crippen molar-refractivity contribution in [2.45, 2.75) is 0 Å². The zero-order valence-electron chi connectivity index (χ0n) is 3.48. The summed E-state index contributed by atoms with van der Waals surface area (Å²) in [5.74, 6) is 0. The quantitative estimate of drug-likeness (QED) is 0.457. The molecule has 8 heavy (non-hydrogen) atoms. The van der Waals surface area contributed by atoms with Gasteiger partial charge in [-0.3, -0.25) is 9.11 Å². The van der Waals surface area contributed by atoms with E-state index in [1.165, 1.54) is 0 Å². The van der Waals surface area contributed by atoms with Crippen LogP contribution in [0.4, 0.5) is 0 Å². The van der Waals surface area contributed by atoms with Crippen LogP contribution in [0.5, 0.6) is 0 Å². The fourth-order valence-corrected chi connectivity index (χ4v) is 0. The van der Waals surface area contributed by atoms with Crippen LogP contribution in [0.1, 0.15) is 0 Å². The van der Waals surface area contributed by atoms with Crippen LogP contribution in [0.3, 0.4) is 0 Å². The molecular weight excluding hydrogens is 281 g/mol. The average Bonchev–Trinajstić information content (AvgIpc) is 0.722. The van der Waals surface area contributed by atoms with E-state index in [1.807, 2.05) is 0 Å². The van der Waals surface area contributed by atoms with Crippen molar-refractivity contribution in [2.24, 2.45) is 0 Å². The van der Waals surface area contributed by atoms with Crippen molar-refractivity contribution in [1.82, 2.24) is 0 Å². The maximum atomic E-state index is 8.74. The maximum Gasteiger partial charge on any atom is 2.00 e. The van der Waals surface area contributed by atoms with Gasteiger partial charge in [-0.1, -0.05) is 0 Å². The first kappa shape index (κ1) is 22.7. The third-order valence-electron chi connectivity index (χ3n) is 0. The molecule has 2 N–H and O–H groups in total. The molecule has 0 spiro atoms. The molecule has 8 heteroatoms. The van der Waals surface area contributed by atoms with E-state index in [4.69, 9.17) is 17.5 Å². The van der Waals surface area contributed by atoms with Crippen LogP contribution in [0.25, 0.3) is 0 Å². The van der Waals surface area contributed by atoms with Gasteiger partial charge in [0.1, 0.15) is 0 Å². The Morgan fingerprint density at radius 2 is 1.12 bits per heavy atom. The van der Waals surface area contributed by atoms with Gasteiger partial charge in [0.05, 0.1) is 0 Å². The van der Waals surface area contributed by atoms with Crippen molar-refractivity contribution >= 4 is 10.4 Å². The molecule has 0 aromatic heterocycles. The van der Waals surface area contributed by atoms with Crippen molar-refractivity contribution < 1.29 is 71.1 Å². The summed E-state index contributed by atoms with van der Waals surface area (Å²) >= 11 is 0. The fraction of sp³-hybridized carbons (Fsp3) is 0. The van der Waals surface area contributed by atoms with Gasteiger partial charge in [0.15, 0.2) is 0 Å². The first-order valence-corrected chi connectivity index (χ1v) is 2.10. The van der Waals surface area contributed by atoms with E-state index in [1.54, 1.807) is 0 Å². The summed E-state index contributed by atoms with van der Waals surface area (Å²) in [6.45, 7) is 0.